The molecule has 1 fully saturated rings. The van der Waals surface area contributed by atoms with Gasteiger partial charge in [-0.15, -0.1) is 0 Å². The number of nitrogens with one attached hydrogen (secondary N) is 1. The summed E-state index contributed by atoms with van der Waals surface area (Å²) < 4.78 is 43.0. The molecule has 0 radical (unpaired) electrons. The number of aromatic nitrogens is 1. The second-order valence-corrected chi connectivity index (χ2v) is 6.12. The molecule has 1 aromatic heterocycles. The summed E-state index contributed by atoms with van der Waals surface area (Å²) >= 11 is 0. The molecule has 1 aromatic carbocycles. The van der Waals surface area contributed by atoms with Crippen LogP contribution in [0.4, 0.5) is 13.2 Å². The Morgan fingerprint density at radius 3 is 2.54 bits per heavy atom. The first-order valence-electron chi connectivity index (χ1n) is 8.17. The van der Waals surface area contributed by atoms with Crippen LogP contribution >= 0.6 is 0 Å². The Balaban J connectivity index is 1.65. The van der Waals surface area contributed by atoms with Crippen molar-refractivity contribution in [2.75, 3.05) is 19.6 Å². The Morgan fingerprint density at radius 1 is 1.23 bits per heavy atom. The minimum atomic E-state index is -4.44. The Morgan fingerprint density at radius 2 is 1.96 bits per heavy atom. The molecule has 0 bridgehead atoms. The van der Waals surface area contributed by atoms with E-state index < -0.39 is 11.7 Å². The molecule has 1 N–H and O–H groups in total. The molecule has 1 aliphatic rings. The number of benzene rings is 1. The van der Waals surface area contributed by atoms with Crippen LogP contribution in [0.3, 0.4) is 0 Å². The van der Waals surface area contributed by atoms with Crippen LogP contribution in [0.2, 0.25) is 0 Å². The average Bonchev–Trinajstić information content (AvgIpc) is 2.61. The van der Waals surface area contributed by atoms with Gasteiger partial charge < -0.3 is 15.0 Å². The summed E-state index contributed by atoms with van der Waals surface area (Å²) in [5.74, 6) is 0.382. The Bertz CT molecular complexity index is 761. The Labute approximate surface area is 148 Å². The molecular weight excluding hydrogens is 347 g/mol. The van der Waals surface area contributed by atoms with Crippen molar-refractivity contribution in [3.05, 3.63) is 53.7 Å². The van der Waals surface area contributed by atoms with Gasteiger partial charge in [0.1, 0.15) is 5.75 Å². The maximum absolute atomic E-state index is 12.5. The van der Waals surface area contributed by atoms with Gasteiger partial charge in [0, 0.05) is 43.5 Å². The molecule has 0 aliphatic carbocycles. The normalized spacial score (nSPS) is 17.8. The third kappa shape index (κ3) is 4.32. The van der Waals surface area contributed by atoms with Crippen molar-refractivity contribution in [3.8, 4) is 11.6 Å². The number of alkyl halides is 3. The summed E-state index contributed by atoms with van der Waals surface area (Å²) in [7, 11) is 0. The number of carbonyl (C=O) groups is 1. The van der Waals surface area contributed by atoms with E-state index in [9.17, 15) is 18.0 Å². The molecule has 3 rings (SSSR count). The van der Waals surface area contributed by atoms with Gasteiger partial charge in [-0.3, -0.25) is 4.79 Å². The lowest BCUT2D eigenvalue weighted by atomic mass is 10.1. The Hall–Kier alpha value is -2.61. The molecule has 1 saturated heterocycles. The minimum absolute atomic E-state index is 0.0491. The van der Waals surface area contributed by atoms with Crippen molar-refractivity contribution in [1.29, 1.82) is 0 Å². The van der Waals surface area contributed by atoms with Gasteiger partial charge in [0.25, 0.3) is 5.91 Å². The summed E-state index contributed by atoms with van der Waals surface area (Å²) in [5.41, 5.74) is -0.303. The molecule has 1 atom stereocenters. The number of pyridine rings is 1. The number of nitrogens with zero attached hydrogens (tertiary/aromatic N) is 2. The molecule has 2 heterocycles. The van der Waals surface area contributed by atoms with Crippen LogP contribution in [0.15, 0.2) is 42.6 Å². The molecule has 26 heavy (non-hydrogen) atoms. The van der Waals surface area contributed by atoms with Gasteiger partial charge in [-0.05, 0) is 37.3 Å². The zero-order valence-corrected chi connectivity index (χ0v) is 14.1. The summed E-state index contributed by atoms with van der Waals surface area (Å²) in [5, 5.41) is 3.28. The lowest BCUT2D eigenvalue weighted by Gasteiger charge is -2.32. The number of amides is 1. The number of hydrogen-bond donors (Lipinski definition) is 1. The molecule has 1 amide bonds. The number of halogens is 3. The van der Waals surface area contributed by atoms with Crippen LogP contribution in [0, 0.1) is 0 Å². The largest absolute Gasteiger partial charge is 0.439 e. The van der Waals surface area contributed by atoms with Gasteiger partial charge in [-0.25, -0.2) is 4.98 Å². The fraction of sp³-hybridized carbons (Fsp3) is 0.333. The van der Waals surface area contributed by atoms with Gasteiger partial charge in [0.2, 0.25) is 5.88 Å². The number of piperazine rings is 1. The zero-order valence-electron chi connectivity index (χ0n) is 14.1. The monoisotopic (exact) mass is 365 g/mol. The van der Waals surface area contributed by atoms with Crippen molar-refractivity contribution in [3.63, 3.8) is 0 Å². The van der Waals surface area contributed by atoms with E-state index in [2.05, 4.69) is 10.3 Å². The van der Waals surface area contributed by atoms with Gasteiger partial charge in [-0.1, -0.05) is 0 Å². The van der Waals surface area contributed by atoms with E-state index in [0.717, 1.165) is 24.9 Å². The number of ether oxygens (including phenoxy) is 1. The molecule has 0 spiro atoms. The smallest absolute Gasteiger partial charge is 0.417 e. The maximum Gasteiger partial charge on any atom is 0.417 e. The SMILES string of the molecule is CC1CN(C(=O)c2ccc(Oc3ccc(C(F)(F)F)cn3)cc2)CCN1. The summed E-state index contributed by atoms with van der Waals surface area (Å²) in [6.07, 6.45) is -3.71. The lowest BCUT2D eigenvalue weighted by Crippen LogP contribution is -2.51. The van der Waals surface area contributed by atoms with Crippen molar-refractivity contribution >= 4 is 5.91 Å². The van der Waals surface area contributed by atoms with Crippen molar-refractivity contribution in [2.45, 2.75) is 19.1 Å². The quantitative estimate of drug-likeness (QED) is 0.907. The van der Waals surface area contributed by atoms with Gasteiger partial charge in [-0.2, -0.15) is 13.2 Å². The predicted octanol–water partition coefficient (Wildman–Crippen LogP) is 3.33. The van der Waals surface area contributed by atoms with E-state index in [1.54, 1.807) is 29.2 Å². The van der Waals surface area contributed by atoms with E-state index in [0.29, 0.717) is 24.4 Å². The fourth-order valence-electron chi connectivity index (χ4n) is 2.69. The highest BCUT2D eigenvalue weighted by atomic mass is 19.4. The topological polar surface area (TPSA) is 54.5 Å². The lowest BCUT2D eigenvalue weighted by molar-refractivity contribution is -0.137. The maximum atomic E-state index is 12.5. The first kappa shape index (κ1) is 18.2. The van der Waals surface area contributed by atoms with Gasteiger partial charge >= 0.3 is 6.18 Å². The third-order valence-corrected chi connectivity index (χ3v) is 4.04. The predicted molar refractivity (Wildman–Crippen MR) is 89.1 cm³/mol. The van der Waals surface area contributed by atoms with E-state index in [4.69, 9.17) is 4.74 Å². The van der Waals surface area contributed by atoms with Gasteiger partial charge in [0.05, 0.1) is 5.56 Å². The molecule has 1 unspecified atom stereocenters. The fourth-order valence-corrected chi connectivity index (χ4v) is 2.69. The second-order valence-electron chi connectivity index (χ2n) is 6.12. The molecule has 1 aliphatic heterocycles. The van der Waals surface area contributed by atoms with E-state index in [1.807, 2.05) is 6.92 Å². The highest BCUT2D eigenvalue weighted by Gasteiger charge is 2.30. The summed E-state index contributed by atoms with van der Waals surface area (Å²) in [6.45, 7) is 4.07. The van der Waals surface area contributed by atoms with Crippen molar-refractivity contribution < 1.29 is 22.7 Å². The van der Waals surface area contributed by atoms with Crippen LogP contribution in [-0.2, 0) is 6.18 Å². The van der Waals surface area contributed by atoms with E-state index in [1.165, 1.54) is 0 Å². The highest BCUT2D eigenvalue weighted by molar-refractivity contribution is 5.94. The standard InChI is InChI=1S/C18H18F3N3O2/c1-12-11-24(9-8-22-12)17(25)13-2-5-15(6-3-13)26-16-7-4-14(10-23-16)18(19,20)21/h2-7,10,12,22H,8-9,11H2,1H3. The van der Waals surface area contributed by atoms with Crippen LogP contribution in [0.1, 0.15) is 22.8 Å². The van der Waals surface area contributed by atoms with Crippen LogP contribution < -0.4 is 10.1 Å². The van der Waals surface area contributed by atoms with E-state index in [-0.39, 0.29) is 17.8 Å². The number of rotatable bonds is 3. The van der Waals surface area contributed by atoms with Crippen molar-refractivity contribution in [2.24, 2.45) is 0 Å². The zero-order chi connectivity index (χ0) is 18.7. The van der Waals surface area contributed by atoms with Crippen LogP contribution in [-0.4, -0.2) is 41.5 Å². The van der Waals surface area contributed by atoms with Crippen molar-refractivity contribution in [1.82, 2.24) is 15.2 Å². The average molecular weight is 365 g/mol. The number of carbonyl (C=O) groups excluding carboxylic acids is 1. The molecule has 0 saturated carbocycles. The minimum Gasteiger partial charge on any atom is -0.439 e. The van der Waals surface area contributed by atoms with E-state index >= 15 is 0 Å². The Kier molecular flexibility index (Phi) is 5.13. The third-order valence-electron chi connectivity index (χ3n) is 4.04. The summed E-state index contributed by atoms with van der Waals surface area (Å²) in [4.78, 5) is 17.9. The molecule has 2 aromatic rings. The molecular formula is C18H18F3N3O2. The summed E-state index contributed by atoms with van der Waals surface area (Å²) in [6, 6.07) is 8.77. The van der Waals surface area contributed by atoms with Crippen LogP contribution in [0.5, 0.6) is 11.6 Å². The first-order valence-corrected chi connectivity index (χ1v) is 8.17. The molecule has 8 heteroatoms. The molecule has 5 nitrogen and oxygen atoms in total. The number of hydrogen-bond acceptors (Lipinski definition) is 4. The van der Waals surface area contributed by atoms with Gasteiger partial charge in [0.15, 0.2) is 0 Å². The first-order chi connectivity index (χ1) is 12.3. The molecule has 138 valence electrons. The highest BCUT2D eigenvalue weighted by Crippen LogP contribution is 2.30. The van der Waals surface area contributed by atoms with Crippen LogP contribution in [0.25, 0.3) is 0 Å². The second kappa shape index (κ2) is 7.33.